The van der Waals surface area contributed by atoms with Gasteiger partial charge in [-0.2, -0.15) is 0 Å². The van der Waals surface area contributed by atoms with Crippen molar-refractivity contribution >= 4 is 11.6 Å². The van der Waals surface area contributed by atoms with E-state index in [4.69, 9.17) is 16.6 Å². The van der Waals surface area contributed by atoms with Crippen LogP contribution in [0.2, 0.25) is 5.02 Å². The van der Waals surface area contributed by atoms with Gasteiger partial charge in [0.1, 0.15) is 6.23 Å². The molecule has 162 valence electrons. The van der Waals surface area contributed by atoms with Gasteiger partial charge in [-0.1, -0.05) is 23.7 Å². The molecule has 0 bridgehead atoms. The summed E-state index contributed by atoms with van der Waals surface area (Å²) >= 11 is 6.08. The minimum absolute atomic E-state index is 0.394. The number of hydrogen-bond donors (Lipinski definition) is 1. The van der Waals surface area contributed by atoms with Crippen molar-refractivity contribution in [2.24, 2.45) is 5.41 Å². The van der Waals surface area contributed by atoms with E-state index in [-0.39, 0.29) is 0 Å². The highest BCUT2D eigenvalue weighted by molar-refractivity contribution is 6.30. The summed E-state index contributed by atoms with van der Waals surface area (Å²) in [4.78, 5) is 13.5. The number of rotatable bonds is 5. The number of halogens is 1. The predicted octanol–water partition coefficient (Wildman–Crippen LogP) is 3.61. The molecule has 1 atom stereocenters. The molecule has 1 spiro atoms. The number of pyridine rings is 1. The first-order chi connectivity index (χ1) is 15.0. The van der Waals surface area contributed by atoms with E-state index in [0.29, 0.717) is 17.0 Å². The Kier molecular flexibility index (Phi) is 5.56. The Bertz CT molecular complexity index is 1020. The second kappa shape index (κ2) is 8.36. The minimum atomic E-state index is -0.530. The van der Waals surface area contributed by atoms with Crippen molar-refractivity contribution in [2.45, 2.75) is 25.6 Å². The maximum Gasteiger partial charge on any atom is 0.125 e. The van der Waals surface area contributed by atoms with Gasteiger partial charge >= 0.3 is 0 Å². The molecule has 2 saturated heterocycles. The van der Waals surface area contributed by atoms with Gasteiger partial charge in [0.25, 0.3) is 0 Å². The number of imidazole rings is 1. The SMILES string of the molecule is CN1CCC2(CC1)CN(C(O)Cn1cnc(-c3ccc(Cl)cc3)c1-c1ccncc1)C2. The molecular formula is C24H28ClN5O. The largest absolute Gasteiger partial charge is 0.376 e. The van der Waals surface area contributed by atoms with Crippen LogP contribution in [0, 0.1) is 5.41 Å². The molecular weight excluding hydrogens is 410 g/mol. The summed E-state index contributed by atoms with van der Waals surface area (Å²) in [5.74, 6) is 0. The molecule has 0 radical (unpaired) electrons. The van der Waals surface area contributed by atoms with Crippen LogP contribution < -0.4 is 0 Å². The van der Waals surface area contributed by atoms with E-state index in [1.165, 1.54) is 12.8 Å². The fraction of sp³-hybridized carbons (Fsp3) is 0.417. The van der Waals surface area contributed by atoms with Gasteiger partial charge in [0.05, 0.1) is 24.3 Å². The van der Waals surface area contributed by atoms with E-state index in [9.17, 15) is 5.11 Å². The Morgan fingerprint density at radius 2 is 1.71 bits per heavy atom. The third-order valence-corrected chi connectivity index (χ3v) is 7.07. The highest BCUT2D eigenvalue weighted by Gasteiger charge is 2.46. The Morgan fingerprint density at radius 3 is 2.39 bits per heavy atom. The summed E-state index contributed by atoms with van der Waals surface area (Å²) in [6.07, 6.45) is 7.32. The normalized spacial score (nSPS) is 20.0. The topological polar surface area (TPSA) is 57.4 Å². The summed E-state index contributed by atoms with van der Waals surface area (Å²) in [5, 5.41) is 11.7. The van der Waals surface area contributed by atoms with Crippen molar-refractivity contribution in [2.75, 3.05) is 33.2 Å². The number of piperidine rings is 1. The van der Waals surface area contributed by atoms with Gasteiger partial charge in [0.2, 0.25) is 0 Å². The second-order valence-electron chi connectivity index (χ2n) is 9.03. The van der Waals surface area contributed by atoms with Gasteiger partial charge in [-0.05, 0) is 62.7 Å². The lowest BCUT2D eigenvalue weighted by Crippen LogP contribution is -2.63. The lowest BCUT2D eigenvalue weighted by Gasteiger charge is -2.55. The Morgan fingerprint density at radius 1 is 1.03 bits per heavy atom. The molecule has 7 heteroatoms. The summed E-state index contributed by atoms with van der Waals surface area (Å²) in [6.45, 7) is 4.75. The molecule has 1 aromatic carbocycles. The van der Waals surface area contributed by atoms with Crippen LogP contribution in [0.15, 0.2) is 55.1 Å². The molecule has 3 aromatic rings. The Balaban J connectivity index is 1.37. The molecule has 0 saturated carbocycles. The van der Waals surface area contributed by atoms with Crippen LogP contribution in [0.1, 0.15) is 12.8 Å². The van der Waals surface area contributed by atoms with E-state index in [2.05, 4.69) is 26.4 Å². The zero-order valence-electron chi connectivity index (χ0n) is 17.8. The molecule has 6 nitrogen and oxygen atoms in total. The lowest BCUT2D eigenvalue weighted by molar-refractivity contribution is -0.133. The van der Waals surface area contributed by atoms with Crippen molar-refractivity contribution in [3.05, 3.63) is 60.1 Å². The van der Waals surface area contributed by atoms with E-state index in [1.807, 2.05) is 42.7 Å². The molecule has 5 rings (SSSR count). The predicted molar refractivity (Wildman–Crippen MR) is 123 cm³/mol. The minimum Gasteiger partial charge on any atom is -0.376 e. The fourth-order valence-corrected chi connectivity index (χ4v) is 5.00. The zero-order chi connectivity index (χ0) is 21.4. The number of likely N-dealkylation sites (tertiary alicyclic amines) is 2. The molecule has 1 N–H and O–H groups in total. The molecule has 1 unspecified atom stereocenters. The lowest BCUT2D eigenvalue weighted by atomic mass is 9.72. The van der Waals surface area contributed by atoms with Crippen LogP contribution in [0.25, 0.3) is 22.5 Å². The van der Waals surface area contributed by atoms with E-state index < -0.39 is 6.23 Å². The Hall–Kier alpha value is -2.25. The average molecular weight is 438 g/mol. The molecule has 0 amide bonds. The third kappa shape index (κ3) is 4.13. The number of hydrogen-bond acceptors (Lipinski definition) is 5. The number of aromatic nitrogens is 3. The summed E-state index contributed by atoms with van der Waals surface area (Å²) in [6, 6.07) is 11.7. The first-order valence-corrected chi connectivity index (χ1v) is 11.2. The molecule has 2 aromatic heterocycles. The maximum atomic E-state index is 11.0. The quantitative estimate of drug-likeness (QED) is 0.660. The molecule has 2 fully saturated rings. The average Bonchev–Trinajstić information content (AvgIpc) is 3.17. The van der Waals surface area contributed by atoms with E-state index in [0.717, 1.165) is 48.7 Å². The van der Waals surface area contributed by atoms with Crippen LogP contribution in [-0.2, 0) is 6.54 Å². The standard InChI is InChI=1S/C24H28ClN5O/c1-28-12-8-24(9-13-28)15-30(16-24)21(31)14-29-17-27-22(18-2-4-20(25)5-3-18)23(29)19-6-10-26-11-7-19/h2-7,10-11,17,21,31H,8-9,12-16H2,1H3. The number of aliphatic hydroxyl groups is 1. The van der Waals surface area contributed by atoms with E-state index >= 15 is 0 Å². The van der Waals surface area contributed by atoms with Crippen molar-refractivity contribution in [3.8, 4) is 22.5 Å². The van der Waals surface area contributed by atoms with Gasteiger partial charge in [-0.3, -0.25) is 9.88 Å². The molecule has 2 aliphatic heterocycles. The smallest absolute Gasteiger partial charge is 0.125 e. The zero-order valence-corrected chi connectivity index (χ0v) is 18.5. The van der Waals surface area contributed by atoms with Crippen molar-refractivity contribution in [1.29, 1.82) is 0 Å². The van der Waals surface area contributed by atoms with Gasteiger partial charge in [-0.25, -0.2) is 4.98 Å². The monoisotopic (exact) mass is 437 g/mol. The highest BCUT2D eigenvalue weighted by atomic mass is 35.5. The number of aliphatic hydroxyl groups excluding tert-OH is 1. The van der Waals surface area contributed by atoms with Crippen LogP contribution in [0.4, 0.5) is 0 Å². The maximum absolute atomic E-state index is 11.0. The highest BCUT2D eigenvalue weighted by Crippen LogP contribution is 2.41. The van der Waals surface area contributed by atoms with Gasteiger partial charge in [-0.15, -0.1) is 0 Å². The third-order valence-electron chi connectivity index (χ3n) is 6.82. The number of benzene rings is 1. The second-order valence-corrected chi connectivity index (χ2v) is 9.46. The van der Waals surface area contributed by atoms with E-state index in [1.54, 1.807) is 12.4 Å². The Labute approximate surface area is 188 Å². The molecule has 2 aliphatic rings. The summed E-state index contributed by atoms with van der Waals surface area (Å²) < 4.78 is 2.06. The van der Waals surface area contributed by atoms with Crippen molar-refractivity contribution in [3.63, 3.8) is 0 Å². The summed E-state index contributed by atoms with van der Waals surface area (Å²) in [5.41, 5.74) is 4.28. The van der Waals surface area contributed by atoms with Crippen LogP contribution in [0.3, 0.4) is 0 Å². The first kappa shape index (κ1) is 20.6. The first-order valence-electron chi connectivity index (χ1n) is 10.9. The van der Waals surface area contributed by atoms with Crippen molar-refractivity contribution in [1.82, 2.24) is 24.3 Å². The molecule has 31 heavy (non-hydrogen) atoms. The fourth-order valence-electron chi connectivity index (χ4n) is 4.88. The van der Waals surface area contributed by atoms with Gasteiger partial charge in [0, 0.05) is 41.6 Å². The van der Waals surface area contributed by atoms with Gasteiger partial charge in [0.15, 0.2) is 0 Å². The van der Waals surface area contributed by atoms with Gasteiger partial charge < -0.3 is 14.6 Å². The van der Waals surface area contributed by atoms with Crippen LogP contribution in [0.5, 0.6) is 0 Å². The number of nitrogens with zero attached hydrogens (tertiary/aromatic N) is 5. The van der Waals surface area contributed by atoms with Crippen LogP contribution in [-0.4, -0.2) is 68.9 Å². The summed E-state index contributed by atoms with van der Waals surface area (Å²) in [7, 11) is 2.19. The molecule has 4 heterocycles. The van der Waals surface area contributed by atoms with Crippen molar-refractivity contribution < 1.29 is 5.11 Å². The molecule has 0 aliphatic carbocycles. The van der Waals surface area contributed by atoms with Crippen LogP contribution >= 0.6 is 11.6 Å².